The third-order valence-electron chi connectivity index (χ3n) is 4.43. The predicted molar refractivity (Wildman–Crippen MR) is 122 cm³/mol. The fraction of sp³-hybridized carbons (Fsp3) is 0.650. The van der Waals surface area contributed by atoms with Crippen LogP contribution >= 0.6 is 24.0 Å². The number of nitrogens with zero attached hydrogens (tertiary/aromatic N) is 2. The maximum Gasteiger partial charge on any atom is 0.191 e. The molecule has 1 heterocycles. The molecule has 28 heavy (non-hydrogen) atoms. The van der Waals surface area contributed by atoms with Crippen LogP contribution in [0.4, 0.5) is 4.39 Å². The molecule has 1 aliphatic heterocycles. The summed E-state index contributed by atoms with van der Waals surface area (Å²) in [6.45, 7) is 10.9. The van der Waals surface area contributed by atoms with Gasteiger partial charge < -0.3 is 20.1 Å². The van der Waals surface area contributed by atoms with Crippen LogP contribution < -0.4 is 15.4 Å². The Hall–Kier alpha value is -1.13. The maximum atomic E-state index is 13.8. The number of nitrogens with one attached hydrogen (secondary N) is 2. The Morgan fingerprint density at radius 1 is 1.25 bits per heavy atom. The molecule has 2 N–H and O–H groups in total. The topological polar surface area (TPSA) is 58.1 Å². The summed E-state index contributed by atoms with van der Waals surface area (Å²) in [5, 5.41) is 6.62. The Morgan fingerprint density at radius 2 is 2.00 bits per heavy atom. The van der Waals surface area contributed by atoms with Gasteiger partial charge in [0, 0.05) is 26.2 Å². The first-order chi connectivity index (χ1) is 13.2. The van der Waals surface area contributed by atoms with Crippen molar-refractivity contribution in [1.29, 1.82) is 0 Å². The number of ether oxygens (including phenoxy) is 2. The number of para-hydroxylation sites is 1. The van der Waals surface area contributed by atoms with Gasteiger partial charge in [-0.2, -0.15) is 0 Å². The molecular weight excluding hydrogens is 474 g/mol. The first-order valence-electron chi connectivity index (χ1n) is 9.96. The van der Waals surface area contributed by atoms with Gasteiger partial charge in [0.15, 0.2) is 17.5 Å². The summed E-state index contributed by atoms with van der Waals surface area (Å²) in [5.41, 5.74) is 0. The van der Waals surface area contributed by atoms with Gasteiger partial charge in [0.2, 0.25) is 0 Å². The lowest BCUT2D eigenvalue weighted by Gasteiger charge is -2.26. The van der Waals surface area contributed by atoms with Crippen molar-refractivity contribution in [3.05, 3.63) is 30.1 Å². The highest BCUT2D eigenvalue weighted by Gasteiger charge is 2.12. The van der Waals surface area contributed by atoms with E-state index in [9.17, 15) is 4.39 Å². The SMILES string of the molecule is CCNC(=NCC(CC)Oc1ccccc1F)NCCCN1CCOCC1.I. The smallest absolute Gasteiger partial charge is 0.191 e. The molecule has 1 atom stereocenters. The standard InChI is InChI=1S/C20H33FN4O2.HI/c1-3-17(27-19-9-6-5-8-18(19)21)16-24-20(22-4-2)23-10-7-11-25-12-14-26-15-13-25;/h5-6,8-9,17H,3-4,7,10-16H2,1-2H3,(H2,22,23,24);1H. The highest BCUT2D eigenvalue weighted by molar-refractivity contribution is 14.0. The van der Waals surface area contributed by atoms with Crippen LogP contribution in [-0.4, -0.2) is 69.4 Å². The number of aliphatic imine (C=N–C) groups is 1. The van der Waals surface area contributed by atoms with Crippen LogP contribution in [0.5, 0.6) is 5.75 Å². The van der Waals surface area contributed by atoms with Crippen molar-refractivity contribution in [2.75, 3.05) is 52.5 Å². The average molecular weight is 508 g/mol. The Labute approximate surface area is 185 Å². The van der Waals surface area contributed by atoms with Crippen molar-refractivity contribution in [3.63, 3.8) is 0 Å². The van der Waals surface area contributed by atoms with Crippen LogP contribution in [0, 0.1) is 5.82 Å². The Morgan fingerprint density at radius 3 is 2.68 bits per heavy atom. The van der Waals surface area contributed by atoms with Gasteiger partial charge in [0.1, 0.15) is 6.10 Å². The fourth-order valence-electron chi connectivity index (χ4n) is 2.84. The van der Waals surface area contributed by atoms with E-state index in [0.717, 1.165) is 64.7 Å². The molecule has 1 aliphatic rings. The zero-order chi connectivity index (χ0) is 19.3. The number of guanidine groups is 1. The summed E-state index contributed by atoms with van der Waals surface area (Å²) < 4.78 is 24.9. The van der Waals surface area contributed by atoms with E-state index in [1.54, 1.807) is 18.2 Å². The van der Waals surface area contributed by atoms with E-state index >= 15 is 0 Å². The summed E-state index contributed by atoms with van der Waals surface area (Å²) in [4.78, 5) is 7.03. The van der Waals surface area contributed by atoms with Crippen molar-refractivity contribution in [2.24, 2.45) is 4.99 Å². The average Bonchev–Trinajstić information content (AvgIpc) is 2.70. The van der Waals surface area contributed by atoms with E-state index in [0.29, 0.717) is 6.54 Å². The van der Waals surface area contributed by atoms with Gasteiger partial charge >= 0.3 is 0 Å². The molecule has 0 radical (unpaired) electrons. The van der Waals surface area contributed by atoms with E-state index in [1.165, 1.54) is 6.07 Å². The Bertz CT molecular complexity index is 571. The summed E-state index contributed by atoms with van der Waals surface area (Å²) in [7, 11) is 0. The van der Waals surface area contributed by atoms with Gasteiger partial charge in [-0.1, -0.05) is 19.1 Å². The van der Waals surface area contributed by atoms with Crippen LogP contribution in [0.15, 0.2) is 29.3 Å². The second-order valence-electron chi connectivity index (χ2n) is 6.53. The highest BCUT2D eigenvalue weighted by Crippen LogP contribution is 2.18. The molecule has 1 unspecified atom stereocenters. The van der Waals surface area contributed by atoms with E-state index in [-0.39, 0.29) is 41.6 Å². The highest BCUT2D eigenvalue weighted by atomic mass is 127. The number of hydrogen-bond acceptors (Lipinski definition) is 4. The fourth-order valence-corrected chi connectivity index (χ4v) is 2.84. The monoisotopic (exact) mass is 508 g/mol. The van der Waals surface area contributed by atoms with Crippen LogP contribution in [-0.2, 0) is 4.74 Å². The molecular formula is C20H34FIN4O2. The van der Waals surface area contributed by atoms with Gasteiger partial charge in [0.05, 0.1) is 19.8 Å². The zero-order valence-electron chi connectivity index (χ0n) is 17.0. The minimum Gasteiger partial charge on any atom is -0.485 e. The van der Waals surface area contributed by atoms with Gasteiger partial charge in [0.25, 0.3) is 0 Å². The van der Waals surface area contributed by atoms with Crippen LogP contribution in [0.3, 0.4) is 0 Å². The molecule has 0 aromatic heterocycles. The minimum absolute atomic E-state index is 0. The van der Waals surface area contributed by atoms with Crippen molar-refractivity contribution >= 4 is 29.9 Å². The quantitative estimate of drug-likeness (QED) is 0.220. The van der Waals surface area contributed by atoms with Crippen molar-refractivity contribution in [1.82, 2.24) is 15.5 Å². The molecule has 0 bridgehead atoms. The van der Waals surface area contributed by atoms with Gasteiger partial charge in [-0.3, -0.25) is 4.90 Å². The van der Waals surface area contributed by atoms with E-state index in [1.807, 2.05) is 13.8 Å². The lowest BCUT2D eigenvalue weighted by Crippen LogP contribution is -2.41. The molecule has 0 spiro atoms. The molecule has 0 amide bonds. The number of morpholine rings is 1. The number of halogens is 2. The van der Waals surface area contributed by atoms with Crippen LogP contribution in [0.25, 0.3) is 0 Å². The summed E-state index contributed by atoms with van der Waals surface area (Å²) in [6, 6.07) is 6.49. The number of hydrogen-bond donors (Lipinski definition) is 2. The number of rotatable bonds is 10. The maximum absolute atomic E-state index is 13.8. The van der Waals surface area contributed by atoms with Gasteiger partial charge in [-0.15, -0.1) is 24.0 Å². The molecule has 1 aromatic carbocycles. The largest absolute Gasteiger partial charge is 0.485 e. The molecule has 8 heteroatoms. The van der Waals surface area contributed by atoms with E-state index in [4.69, 9.17) is 9.47 Å². The third kappa shape index (κ3) is 9.38. The minimum atomic E-state index is -0.340. The lowest BCUT2D eigenvalue weighted by atomic mass is 10.2. The Kier molecular flexibility index (Phi) is 13.2. The molecule has 0 saturated carbocycles. The molecule has 1 fully saturated rings. The van der Waals surface area contributed by atoms with E-state index < -0.39 is 0 Å². The zero-order valence-corrected chi connectivity index (χ0v) is 19.3. The first-order valence-corrected chi connectivity index (χ1v) is 9.96. The van der Waals surface area contributed by atoms with Crippen LogP contribution in [0.2, 0.25) is 0 Å². The van der Waals surface area contributed by atoms with Crippen molar-refractivity contribution in [3.8, 4) is 5.75 Å². The normalized spacial score (nSPS) is 16.2. The molecule has 1 aromatic rings. The van der Waals surface area contributed by atoms with Gasteiger partial charge in [-0.25, -0.2) is 9.38 Å². The Balaban J connectivity index is 0.00000392. The first kappa shape index (κ1) is 24.9. The molecule has 2 rings (SSSR count). The van der Waals surface area contributed by atoms with Crippen molar-refractivity contribution < 1.29 is 13.9 Å². The van der Waals surface area contributed by atoms with Crippen LogP contribution in [0.1, 0.15) is 26.7 Å². The molecule has 0 aliphatic carbocycles. The second-order valence-corrected chi connectivity index (χ2v) is 6.53. The molecule has 1 saturated heterocycles. The summed E-state index contributed by atoms with van der Waals surface area (Å²) in [5.74, 6) is 0.714. The van der Waals surface area contributed by atoms with Gasteiger partial charge in [-0.05, 0) is 38.4 Å². The van der Waals surface area contributed by atoms with E-state index in [2.05, 4.69) is 20.5 Å². The third-order valence-corrected chi connectivity index (χ3v) is 4.43. The van der Waals surface area contributed by atoms with Crippen molar-refractivity contribution in [2.45, 2.75) is 32.8 Å². The lowest BCUT2D eigenvalue weighted by molar-refractivity contribution is 0.0376. The molecule has 6 nitrogen and oxygen atoms in total. The summed E-state index contributed by atoms with van der Waals surface area (Å²) >= 11 is 0. The summed E-state index contributed by atoms with van der Waals surface area (Å²) in [6.07, 6.45) is 1.65. The molecule has 160 valence electrons. The predicted octanol–water partition coefficient (Wildman–Crippen LogP) is 2.88. The number of benzene rings is 1. The second kappa shape index (κ2) is 14.8.